The summed E-state index contributed by atoms with van der Waals surface area (Å²) in [5.74, 6) is -1.04. The molecule has 7 heteroatoms. The van der Waals surface area contributed by atoms with Gasteiger partial charge in [0.1, 0.15) is 4.83 Å². The van der Waals surface area contributed by atoms with Crippen molar-refractivity contribution < 1.29 is 9.90 Å². The van der Waals surface area contributed by atoms with E-state index in [1.165, 1.54) is 11.3 Å². The van der Waals surface area contributed by atoms with Crippen LogP contribution in [-0.4, -0.2) is 26.4 Å². The summed E-state index contributed by atoms with van der Waals surface area (Å²) in [7, 11) is 0. The van der Waals surface area contributed by atoms with Crippen molar-refractivity contribution in [2.45, 2.75) is 31.5 Å². The zero-order valence-corrected chi connectivity index (χ0v) is 12.5. The van der Waals surface area contributed by atoms with E-state index in [1.54, 1.807) is 10.6 Å². The predicted molar refractivity (Wildman–Crippen MR) is 77.2 cm³/mol. The molecule has 0 aromatic carbocycles. The van der Waals surface area contributed by atoms with Crippen LogP contribution in [0.2, 0.25) is 0 Å². The zero-order valence-electron chi connectivity index (χ0n) is 10.8. The third kappa shape index (κ3) is 2.82. The van der Waals surface area contributed by atoms with Crippen LogP contribution in [-0.2, 0) is 10.3 Å². The number of thioether (sulfide) groups is 1. The number of aliphatic carboxylic acids is 1. The van der Waals surface area contributed by atoms with Crippen LogP contribution in [0, 0.1) is 0 Å². The summed E-state index contributed by atoms with van der Waals surface area (Å²) in [6.07, 6.45) is 0. The predicted octanol–water partition coefficient (Wildman–Crippen LogP) is 2.39. The van der Waals surface area contributed by atoms with Crippen molar-refractivity contribution in [2.75, 3.05) is 5.75 Å². The van der Waals surface area contributed by atoms with Crippen molar-refractivity contribution in [3.8, 4) is 0 Å². The Kier molecular flexibility index (Phi) is 3.69. The van der Waals surface area contributed by atoms with Crippen molar-refractivity contribution in [1.29, 1.82) is 0 Å². The average molecular weight is 298 g/mol. The maximum atomic E-state index is 12.5. The Morgan fingerprint density at radius 2 is 2.21 bits per heavy atom. The molecule has 0 fully saturated rings. The monoisotopic (exact) mass is 298 g/mol. The van der Waals surface area contributed by atoms with Crippen molar-refractivity contribution >= 4 is 39.3 Å². The summed E-state index contributed by atoms with van der Waals surface area (Å²) in [6.45, 7) is 5.71. The van der Waals surface area contributed by atoms with Crippen LogP contribution in [0.15, 0.2) is 21.4 Å². The molecule has 2 aromatic heterocycles. The summed E-state index contributed by atoms with van der Waals surface area (Å²) < 4.78 is 1.57. The molecule has 102 valence electrons. The van der Waals surface area contributed by atoms with Crippen LogP contribution < -0.4 is 5.56 Å². The second kappa shape index (κ2) is 4.97. The number of nitrogens with zero attached hydrogens (tertiary/aromatic N) is 2. The molecule has 0 radical (unpaired) electrons. The van der Waals surface area contributed by atoms with Gasteiger partial charge >= 0.3 is 5.97 Å². The van der Waals surface area contributed by atoms with E-state index in [2.05, 4.69) is 4.98 Å². The largest absolute Gasteiger partial charge is 0.481 e. The summed E-state index contributed by atoms with van der Waals surface area (Å²) in [5.41, 5.74) is -0.562. The highest BCUT2D eigenvalue weighted by atomic mass is 32.2. The van der Waals surface area contributed by atoms with Crippen LogP contribution in [0.5, 0.6) is 0 Å². The molecule has 5 nitrogen and oxygen atoms in total. The molecule has 0 amide bonds. The van der Waals surface area contributed by atoms with E-state index in [4.69, 9.17) is 5.11 Å². The van der Waals surface area contributed by atoms with E-state index in [1.807, 2.05) is 26.2 Å². The van der Waals surface area contributed by atoms with Crippen LogP contribution in [0.25, 0.3) is 10.2 Å². The first-order chi connectivity index (χ1) is 8.80. The average Bonchev–Trinajstić information content (AvgIpc) is 2.72. The first kappa shape index (κ1) is 14.1. The molecule has 0 aliphatic rings. The van der Waals surface area contributed by atoms with E-state index in [9.17, 15) is 9.59 Å². The quantitative estimate of drug-likeness (QED) is 0.696. The molecule has 2 aromatic rings. The third-order valence-corrected chi connectivity index (χ3v) is 4.19. The number of rotatable bonds is 3. The fourth-order valence-corrected chi connectivity index (χ4v) is 3.42. The van der Waals surface area contributed by atoms with Gasteiger partial charge in [-0.3, -0.25) is 14.2 Å². The topological polar surface area (TPSA) is 72.2 Å². The van der Waals surface area contributed by atoms with Crippen LogP contribution >= 0.6 is 23.1 Å². The van der Waals surface area contributed by atoms with E-state index in [-0.39, 0.29) is 11.3 Å². The molecule has 2 rings (SSSR count). The lowest BCUT2D eigenvalue weighted by atomic mass is 10.1. The molecule has 0 spiro atoms. The number of hydrogen-bond acceptors (Lipinski definition) is 5. The lowest BCUT2D eigenvalue weighted by Crippen LogP contribution is -2.35. The summed E-state index contributed by atoms with van der Waals surface area (Å²) in [4.78, 5) is 28.2. The highest BCUT2D eigenvalue weighted by Crippen LogP contribution is 2.25. The Balaban J connectivity index is 2.65. The molecule has 0 aliphatic heterocycles. The summed E-state index contributed by atoms with van der Waals surface area (Å²) >= 11 is 2.46. The lowest BCUT2D eigenvalue weighted by Gasteiger charge is -2.24. The maximum absolute atomic E-state index is 12.5. The Bertz CT molecular complexity index is 682. The molecule has 0 saturated heterocycles. The standard InChI is InChI=1S/C12H14N2O3S2/c1-12(2,3)14-10(17)7-4-5-18-9(7)13-11(14)19-6-8(15)16/h4-5H,6H2,1-3H3,(H,15,16). The number of hydrogen-bond donors (Lipinski definition) is 1. The van der Waals surface area contributed by atoms with Gasteiger partial charge in [0.25, 0.3) is 5.56 Å². The van der Waals surface area contributed by atoms with Crippen LogP contribution in [0.3, 0.4) is 0 Å². The molecule has 1 N–H and O–H groups in total. The minimum Gasteiger partial charge on any atom is -0.481 e. The van der Waals surface area contributed by atoms with E-state index in [0.717, 1.165) is 11.8 Å². The fraction of sp³-hybridized carbons (Fsp3) is 0.417. The third-order valence-electron chi connectivity index (χ3n) is 2.46. The molecule has 19 heavy (non-hydrogen) atoms. The molecule has 0 bridgehead atoms. The first-order valence-electron chi connectivity index (χ1n) is 5.66. The fourth-order valence-electron chi connectivity index (χ4n) is 1.71. The molecule has 0 unspecified atom stereocenters. The molecule has 0 atom stereocenters. The SMILES string of the molecule is CC(C)(C)n1c(SCC(=O)O)nc2sccc2c1=O. The van der Waals surface area contributed by atoms with Crippen molar-refractivity contribution in [3.05, 3.63) is 21.8 Å². The van der Waals surface area contributed by atoms with Gasteiger partial charge < -0.3 is 5.11 Å². The van der Waals surface area contributed by atoms with Gasteiger partial charge in [-0.1, -0.05) is 11.8 Å². The van der Waals surface area contributed by atoms with Gasteiger partial charge in [0.05, 0.1) is 11.1 Å². The smallest absolute Gasteiger partial charge is 0.313 e. The van der Waals surface area contributed by atoms with Gasteiger partial charge in [0.2, 0.25) is 0 Å². The van der Waals surface area contributed by atoms with Gasteiger partial charge in [-0.15, -0.1) is 11.3 Å². The molecule has 0 aliphatic carbocycles. The molecule has 0 saturated carbocycles. The highest BCUT2D eigenvalue weighted by Gasteiger charge is 2.22. The Labute approximate surface area is 118 Å². The van der Waals surface area contributed by atoms with E-state index >= 15 is 0 Å². The minimum absolute atomic E-state index is 0.112. The molecular formula is C12H14N2O3S2. The molecule has 2 heterocycles. The Hall–Kier alpha value is -1.34. The second-order valence-corrected chi connectivity index (χ2v) is 6.86. The van der Waals surface area contributed by atoms with Crippen molar-refractivity contribution in [1.82, 2.24) is 9.55 Å². The van der Waals surface area contributed by atoms with Gasteiger partial charge in [0.15, 0.2) is 5.16 Å². The van der Waals surface area contributed by atoms with Gasteiger partial charge in [0, 0.05) is 5.54 Å². The van der Waals surface area contributed by atoms with Crippen molar-refractivity contribution in [3.63, 3.8) is 0 Å². The Morgan fingerprint density at radius 1 is 1.53 bits per heavy atom. The van der Waals surface area contributed by atoms with Gasteiger partial charge in [-0.25, -0.2) is 4.98 Å². The second-order valence-electron chi connectivity index (χ2n) is 5.03. The lowest BCUT2D eigenvalue weighted by molar-refractivity contribution is -0.133. The van der Waals surface area contributed by atoms with Gasteiger partial charge in [-0.05, 0) is 32.2 Å². The first-order valence-corrected chi connectivity index (χ1v) is 7.52. The number of thiophene rings is 1. The van der Waals surface area contributed by atoms with Crippen LogP contribution in [0.4, 0.5) is 0 Å². The van der Waals surface area contributed by atoms with E-state index in [0.29, 0.717) is 15.4 Å². The van der Waals surface area contributed by atoms with E-state index < -0.39 is 11.5 Å². The number of fused-ring (bicyclic) bond motifs is 1. The zero-order chi connectivity index (χ0) is 14.2. The van der Waals surface area contributed by atoms with Crippen LogP contribution in [0.1, 0.15) is 20.8 Å². The van der Waals surface area contributed by atoms with Crippen molar-refractivity contribution in [2.24, 2.45) is 0 Å². The summed E-state index contributed by atoms with van der Waals surface area (Å²) in [6, 6.07) is 1.75. The number of carbonyl (C=O) groups is 1. The number of aromatic nitrogens is 2. The maximum Gasteiger partial charge on any atom is 0.313 e. The summed E-state index contributed by atoms with van der Waals surface area (Å²) in [5, 5.41) is 11.6. The number of carboxylic acid groups (broad SMARTS) is 1. The Morgan fingerprint density at radius 3 is 2.79 bits per heavy atom. The normalized spacial score (nSPS) is 11.9. The minimum atomic E-state index is -0.925. The highest BCUT2D eigenvalue weighted by molar-refractivity contribution is 7.99. The number of carboxylic acids is 1. The van der Waals surface area contributed by atoms with Gasteiger partial charge in [-0.2, -0.15) is 0 Å². The molecular weight excluding hydrogens is 284 g/mol.